The van der Waals surface area contributed by atoms with Crippen molar-refractivity contribution >= 4 is 5.69 Å². The summed E-state index contributed by atoms with van der Waals surface area (Å²) in [5.74, 6) is 0.900. The van der Waals surface area contributed by atoms with Crippen molar-refractivity contribution in [3.05, 3.63) is 42.2 Å². The van der Waals surface area contributed by atoms with Crippen LogP contribution in [-0.2, 0) is 7.05 Å². The standard InChI is InChI=1S/C13H17N3O/c1-11-13(10-16(2)15-11)14-8-9-17-12-6-4-3-5-7-12/h3-7,10,14H,8-9H2,1-2H3. The number of anilines is 1. The fourth-order valence-corrected chi connectivity index (χ4v) is 1.64. The van der Waals surface area contributed by atoms with Crippen molar-refractivity contribution in [3.63, 3.8) is 0 Å². The lowest BCUT2D eigenvalue weighted by molar-refractivity contribution is 0.333. The normalized spacial score (nSPS) is 10.2. The fraction of sp³-hybridized carbons (Fsp3) is 0.308. The Morgan fingerprint density at radius 3 is 2.71 bits per heavy atom. The van der Waals surface area contributed by atoms with Gasteiger partial charge in [-0.15, -0.1) is 0 Å². The number of aryl methyl sites for hydroxylation is 2. The Balaban J connectivity index is 1.75. The first-order valence-electron chi connectivity index (χ1n) is 5.67. The second kappa shape index (κ2) is 5.39. The van der Waals surface area contributed by atoms with Gasteiger partial charge in [0.2, 0.25) is 0 Å². The SMILES string of the molecule is Cc1nn(C)cc1NCCOc1ccccc1. The Labute approximate surface area is 101 Å². The summed E-state index contributed by atoms with van der Waals surface area (Å²) in [6.45, 7) is 3.39. The first-order chi connectivity index (χ1) is 8.25. The summed E-state index contributed by atoms with van der Waals surface area (Å²) < 4.78 is 7.39. The average Bonchev–Trinajstić information content (AvgIpc) is 2.65. The number of nitrogens with one attached hydrogen (secondary N) is 1. The highest BCUT2D eigenvalue weighted by Gasteiger charge is 2.01. The quantitative estimate of drug-likeness (QED) is 0.802. The first-order valence-corrected chi connectivity index (χ1v) is 5.67. The molecule has 1 aromatic carbocycles. The smallest absolute Gasteiger partial charge is 0.119 e. The largest absolute Gasteiger partial charge is 0.492 e. The lowest BCUT2D eigenvalue weighted by atomic mass is 10.3. The van der Waals surface area contributed by atoms with Crippen molar-refractivity contribution in [2.45, 2.75) is 6.92 Å². The van der Waals surface area contributed by atoms with Crippen LogP contribution in [0.1, 0.15) is 5.69 Å². The zero-order valence-electron chi connectivity index (χ0n) is 10.2. The molecule has 0 aliphatic rings. The van der Waals surface area contributed by atoms with Crippen molar-refractivity contribution in [1.29, 1.82) is 0 Å². The van der Waals surface area contributed by atoms with Crippen molar-refractivity contribution in [1.82, 2.24) is 9.78 Å². The van der Waals surface area contributed by atoms with E-state index in [1.165, 1.54) is 0 Å². The maximum atomic E-state index is 5.58. The monoisotopic (exact) mass is 231 g/mol. The van der Waals surface area contributed by atoms with Crippen molar-refractivity contribution in [2.24, 2.45) is 7.05 Å². The number of hydrogen-bond acceptors (Lipinski definition) is 3. The van der Waals surface area contributed by atoms with Crippen LogP contribution in [0.25, 0.3) is 0 Å². The first kappa shape index (κ1) is 11.5. The van der Waals surface area contributed by atoms with Crippen molar-refractivity contribution in [2.75, 3.05) is 18.5 Å². The summed E-state index contributed by atoms with van der Waals surface area (Å²) >= 11 is 0. The molecule has 0 unspecified atom stereocenters. The van der Waals surface area contributed by atoms with E-state index < -0.39 is 0 Å². The van der Waals surface area contributed by atoms with E-state index in [1.807, 2.05) is 50.5 Å². The molecule has 2 rings (SSSR count). The number of hydrogen-bond donors (Lipinski definition) is 1. The van der Waals surface area contributed by atoms with Crippen LogP contribution in [0.15, 0.2) is 36.5 Å². The van der Waals surface area contributed by atoms with E-state index in [-0.39, 0.29) is 0 Å². The zero-order valence-corrected chi connectivity index (χ0v) is 10.2. The summed E-state index contributed by atoms with van der Waals surface area (Å²) in [6.07, 6.45) is 1.97. The molecule has 90 valence electrons. The van der Waals surface area contributed by atoms with Crippen LogP contribution in [0.5, 0.6) is 5.75 Å². The molecule has 0 saturated heterocycles. The van der Waals surface area contributed by atoms with Gasteiger partial charge in [0, 0.05) is 19.8 Å². The summed E-state index contributed by atoms with van der Waals surface area (Å²) in [4.78, 5) is 0. The summed E-state index contributed by atoms with van der Waals surface area (Å²) in [6, 6.07) is 9.82. The molecule has 4 nitrogen and oxygen atoms in total. The van der Waals surface area contributed by atoms with Gasteiger partial charge in [-0.2, -0.15) is 5.10 Å². The van der Waals surface area contributed by atoms with E-state index in [4.69, 9.17) is 4.74 Å². The summed E-state index contributed by atoms with van der Waals surface area (Å²) in [7, 11) is 1.92. The van der Waals surface area contributed by atoms with Crippen LogP contribution in [0.4, 0.5) is 5.69 Å². The fourth-order valence-electron chi connectivity index (χ4n) is 1.64. The molecule has 0 bridgehead atoms. The Hall–Kier alpha value is -1.97. The van der Waals surface area contributed by atoms with Gasteiger partial charge in [-0.05, 0) is 19.1 Å². The van der Waals surface area contributed by atoms with Gasteiger partial charge in [0.15, 0.2) is 0 Å². The molecule has 0 atom stereocenters. The Bertz CT molecular complexity index is 465. The van der Waals surface area contributed by atoms with Gasteiger partial charge in [-0.1, -0.05) is 18.2 Å². The number of para-hydroxylation sites is 1. The van der Waals surface area contributed by atoms with Crippen LogP contribution >= 0.6 is 0 Å². The third-order valence-corrected chi connectivity index (χ3v) is 2.44. The highest BCUT2D eigenvalue weighted by Crippen LogP contribution is 2.11. The van der Waals surface area contributed by atoms with Crippen LogP contribution in [-0.4, -0.2) is 22.9 Å². The summed E-state index contributed by atoms with van der Waals surface area (Å²) in [5, 5.41) is 7.56. The van der Waals surface area contributed by atoms with Gasteiger partial charge in [0.05, 0.1) is 11.4 Å². The maximum absolute atomic E-state index is 5.58. The van der Waals surface area contributed by atoms with Crippen LogP contribution in [0.2, 0.25) is 0 Å². The number of aromatic nitrogens is 2. The summed E-state index contributed by atoms with van der Waals surface area (Å²) in [5.41, 5.74) is 2.07. The lowest BCUT2D eigenvalue weighted by Gasteiger charge is -2.07. The second-order valence-electron chi connectivity index (χ2n) is 3.89. The third kappa shape index (κ3) is 3.24. The van der Waals surface area contributed by atoms with E-state index in [9.17, 15) is 0 Å². The minimum Gasteiger partial charge on any atom is -0.492 e. The lowest BCUT2D eigenvalue weighted by Crippen LogP contribution is -2.11. The minimum absolute atomic E-state index is 0.637. The van der Waals surface area contributed by atoms with E-state index in [1.54, 1.807) is 4.68 Å². The molecule has 0 fully saturated rings. The molecule has 0 amide bonds. The van der Waals surface area contributed by atoms with Crippen LogP contribution in [0, 0.1) is 6.92 Å². The molecule has 1 N–H and O–H groups in total. The van der Waals surface area contributed by atoms with Gasteiger partial charge >= 0.3 is 0 Å². The molecule has 0 spiro atoms. The van der Waals surface area contributed by atoms with Gasteiger partial charge in [-0.25, -0.2) is 0 Å². The molecule has 0 aliphatic carbocycles. The van der Waals surface area contributed by atoms with E-state index in [0.717, 1.165) is 23.7 Å². The molecule has 0 saturated carbocycles. The molecular weight excluding hydrogens is 214 g/mol. The van der Waals surface area contributed by atoms with Crippen LogP contribution in [0.3, 0.4) is 0 Å². The Morgan fingerprint density at radius 1 is 1.29 bits per heavy atom. The highest BCUT2D eigenvalue weighted by molar-refractivity contribution is 5.45. The number of ether oxygens (including phenoxy) is 1. The third-order valence-electron chi connectivity index (χ3n) is 2.44. The van der Waals surface area contributed by atoms with Gasteiger partial charge < -0.3 is 10.1 Å². The minimum atomic E-state index is 0.637. The molecular formula is C13H17N3O. The van der Waals surface area contributed by atoms with Gasteiger partial charge in [-0.3, -0.25) is 4.68 Å². The van der Waals surface area contributed by atoms with Gasteiger partial charge in [0.1, 0.15) is 12.4 Å². The van der Waals surface area contributed by atoms with Gasteiger partial charge in [0.25, 0.3) is 0 Å². The number of benzene rings is 1. The van der Waals surface area contributed by atoms with E-state index >= 15 is 0 Å². The topological polar surface area (TPSA) is 39.1 Å². The molecule has 1 heterocycles. The van der Waals surface area contributed by atoms with Crippen LogP contribution < -0.4 is 10.1 Å². The number of nitrogens with zero attached hydrogens (tertiary/aromatic N) is 2. The highest BCUT2D eigenvalue weighted by atomic mass is 16.5. The Kier molecular flexibility index (Phi) is 3.65. The maximum Gasteiger partial charge on any atom is 0.119 e. The second-order valence-corrected chi connectivity index (χ2v) is 3.89. The van der Waals surface area contributed by atoms with Crippen molar-refractivity contribution < 1.29 is 4.74 Å². The average molecular weight is 231 g/mol. The molecule has 2 aromatic rings. The predicted molar refractivity (Wildman–Crippen MR) is 68.4 cm³/mol. The zero-order chi connectivity index (χ0) is 12.1. The van der Waals surface area contributed by atoms with E-state index in [0.29, 0.717) is 6.61 Å². The molecule has 4 heteroatoms. The number of rotatable bonds is 5. The predicted octanol–water partition coefficient (Wildman–Crippen LogP) is 2.22. The Morgan fingerprint density at radius 2 is 2.06 bits per heavy atom. The molecule has 0 radical (unpaired) electrons. The molecule has 17 heavy (non-hydrogen) atoms. The molecule has 0 aliphatic heterocycles. The molecule has 1 aromatic heterocycles. The van der Waals surface area contributed by atoms with Crippen molar-refractivity contribution in [3.8, 4) is 5.75 Å². The van der Waals surface area contributed by atoms with E-state index in [2.05, 4.69) is 10.4 Å².